The summed E-state index contributed by atoms with van der Waals surface area (Å²) >= 11 is 12.1. The molecule has 0 fully saturated rings. The predicted octanol–water partition coefficient (Wildman–Crippen LogP) is 1.12. The van der Waals surface area contributed by atoms with E-state index in [9.17, 15) is 0 Å². The van der Waals surface area contributed by atoms with Crippen LogP contribution in [0.1, 0.15) is 0 Å². The second-order valence-corrected chi connectivity index (χ2v) is 5.13. The molecule has 0 bridgehead atoms. The van der Waals surface area contributed by atoms with Crippen LogP contribution >= 0.6 is 48.0 Å². The second kappa shape index (κ2) is 8.08. The maximum Gasteiger partial charge on any atom is 0.182 e. The van der Waals surface area contributed by atoms with Gasteiger partial charge in [-0.05, 0) is 0 Å². The lowest BCUT2D eigenvalue weighted by atomic mass is 11.2. The van der Waals surface area contributed by atoms with E-state index in [4.69, 9.17) is 35.0 Å². The maximum absolute atomic E-state index is 8.18. The van der Waals surface area contributed by atoms with Crippen molar-refractivity contribution >= 4 is 56.6 Å². The van der Waals surface area contributed by atoms with Crippen LogP contribution in [0.2, 0.25) is 0 Å². The van der Waals surface area contributed by atoms with Gasteiger partial charge >= 0.3 is 0 Å². The molecule has 0 aliphatic heterocycles. The van der Waals surface area contributed by atoms with E-state index in [2.05, 4.69) is 10.6 Å². The first kappa shape index (κ1) is 12.5. The van der Waals surface area contributed by atoms with Crippen molar-refractivity contribution in [3.63, 3.8) is 0 Å². The van der Waals surface area contributed by atoms with Gasteiger partial charge in [0.15, 0.2) is 12.4 Å². The Bertz CT molecular complexity index is 247. The van der Waals surface area contributed by atoms with Gasteiger partial charge in [-0.25, -0.2) is 0 Å². The lowest BCUT2D eigenvalue weighted by molar-refractivity contribution is 1.31. The molecule has 8 heteroatoms. The summed E-state index contributed by atoms with van der Waals surface area (Å²) in [5.41, 5.74) is 0. The van der Waals surface area contributed by atoms with Crippen LogP contribution < -0.4 is 10.6 Å². The smallest absolute Gasteiger partial charge is 0.182 e. The van der Waals surface area contributed by atoms with Gasteiger partial charge in [0.05, 0.1) is 5.08 Å². The van der Waals surface area contributed by atoms with Gasteiger partial charge in [-0.1, -0.05) is 48.0 Å². The summed E-state index contributed by atoms with van der Waals surface area (Å²) in [5, 5.41) is 21.5. The van der Waals surface area contributed by atoms with Gasteiger partial charge in [0.1, 0.15) is 8.64 Å². The predicted molar refractivity (Wildman–Crippen MR) is 62.7 cm³/mol. The van der Waals surface area contributed by atoms with Crippen molar-refractivity contribution in [3.05, 3.63) is 0 Å². The molecular weight excluding hydrogens is 244 g/mol. The molecule has 4 nitrogen and oxygen atoms in total. The fourth-order valence-electron chi connectivity index (χ4n) is 0.300. The number of nitriles is 2. The SMILES string of the molecule is N#CNC(=S)SCSC(=S)NC#N. The molecule has 0 saturated heterocycles. The molecule has 13 heavy (non-hydrogen) atoms. The van der Waals surface area contributed by atoms with Crippen LogP contribution in [-0.2, 0) is 0 Å². The summed E-state index contributed by atoms with van der Waals surface area (Å²) in [6.45, 7) is 0. The zero-order chi connectivity index (χ0) is 10.1. The molecule has 0 aromatic rings. The van der Waals surface area contributed by atoms with Crippen LogP contribution in [0.15, 0.2) is 0 Å². The van der Waals surface area contributed by atoms with E-state index in [1.807, 2.05) is 0 Å². The van der Waals surface area contributed by atoms with E-state index in [0.717, 1.165) is 0 Å². The molecule has 0 unspecified atom stereocenters. The van der Waals surface area contributed by atoms with Crippen molar-refractivity contribution in [3.8, 4) is 12.4 Å². The Balaban J connectivity index is 3.47. The van der Waals surface area contributed by atoms with Crippen LogP contribution in [0.5, 0.6) is 0 Å². The normalized spacial score (nSPS) is 7.85. The zero-order valence-corrected chi connectivity index (χ0v) is 9.50. The molecule has 0 saturated carbocycles. The first-order chi connectivity index (χ1) is 6.20. The molecule has 0 atom stereocenters. The summed E-state index contributed by atoms with van der Waals surface area (Å²) in [4.78, 5) is 0. The van der Waals surface area contributed by atoms with Crippen molar-refractivity contribution in [1.82, 2.24) is 10.6 Å². The molecule has 68 valence electrons. The Labute approximate surface area is 95.0 Å². The Morgan fingerprint density at radius 3 is 1.77 bits per heavy atom. The summed E-state index contributed by atoms with van der Waals surface area (Å²) in [7, 11) is 0. The molecule has 0 aliphatic rings. The average Bonchev–Trinajstić information content (AvgIpc) is 2.05. The molecule has 0 aromatic carbocycles. The lowest BCUT2D eigenvalue weighted by Gasteiger charge is -2.00. The van der Waals surface area contributed by atoms with Crippen LogP contribution in [0, 0.1) is 22.9 Å². The zero-order valence-electron chi connectivity index (χ0n) is 6.23. The fourth-order valence-corrected chi connectivity index (χ4v) is 2.58. The third-order valence-corrected chi connectivity index (χ3v) is 3.28. The van der Waals surface area contributed by atoms with Crippen LogP contribution in [0.25, 0.3) is 0 Å². The molecule has 0 spiro atoms. The minimum Gasteiger partial charge on any atom is -0.278 e. The molecule has 0 heterocycles. The van der Waals surface area contributed by atoms with Crippen LogP contribution in [-0.4, -0.2) is 13.7 Å². The highest BCUT2D eigenvalue weighted by molar-refractivity contribution is 8.35. The van der Waals surface area contributed by atoms with E-state index < -0.39 is 0 Å². The third kappa shape index (κ3) is 7.81. The Hall–Kier alpha value is -0.540. The highest BCUT2D eigenvalue weighted by Gasteiger charge is 1.98. The number of thioether (sulfide) groups is 2. The maximum atomic E-state index is 8.18. The monoisotopic (exact) mass is 248 g/mol. The number of hydrogen-bond acceptors (Lipinski definition) is 6. The lowest BCUT2D eigenvalue weighted by Crippen LogP contribution is -2.13. The summed E-state index contributed by atoms with van der Waals surface area (Å²) in [6.07, 6.45) is 3.42. The van der Waals surface area contributed by atoms with Crippen molar-refractivity contribution in [2.75, 3.05) is 5.08 Å². The van der Waals surface area contributed by atoms with E-state index in [1.165, 1.54) is 23.5 Å². The minimum absolute atomic E-state index is 0.398. The van der Waals surface area contributed by atoms with Crippen LogP contribution in [0.4, 0.5) is 0 Å². The van der Waals surface area contributed by atoms with Crippen molar-refractivity contribution < 1.29 is 0 Å². The van der Waals surface area contributed by atoms with Gasteiger partial charge in [0.25, 0.3) is 0 Å². The van der Waals surface area contributed by atoms with Gasteiger partial charge in [0.2, 0.25) is 0 Å². The van der Waals surface area contributed by atoms with E-state index in [-0.39, 0.29) is 0 Å². The third-order valence-electron chi connectivity index (χ3n) is 0.696. The van der Waals surface area contributed by atoms with E-state index in [1.54, 1.807) is 12.4 Å². The average molecular weight is 248 g/mol. The van der Waals surface area contributed by atoms with Gasteiger partial charge in [-0.15, -0.1) is 0 Å². The second-order valence-electron chi connectivity index (χ2n) is 1.46. The van der Waals surface area contributed by atoms with Gasteiger partial charge < -0.3 is 0 Å². The molecule has 0 radical (unpaired) electrons. The molecule has 0 amide bonds. The molecule has 0 aliphatic carbocycles. The number of thiocarbonyl (C=S) groups is 2. The first-order valence-corrected chi connectivity index (χ1v) is 5.63. The van der Waals surface area contributed by atoms with Crippen molar-refractivity contribution in [2.45, 2.75) is 0 Å². The quantitative estimate of drug-likeness (QED) is 0.326. The number of nitrogens with one attached hydrogen (secondary N) is 2. The Morgan fingerprint density at radius 2 is 1.46 bits per heavy atom. The highest BCUT2D eigenvalue weighted by atomic mass is 32.2. The molecule has 2 N–H and O–H groups in total. The first-order valence-electron chi connectivity index (χ1n) is 2.84. The topological polar surface area (TPSA) is 71.6 Å². The Kier molecular flexibility index (Phi) is 7.74. The van der Waals surface area contributed by atoms with Crippen molar-refractivity contribution in [1.29, 1.82) is 10.5 Å². The van der Waals surface area contributed by atoms with Gasteiger partial charge in [-0.3, -0.25) is 10.6 Å². The summed E-state index contributed by atoms with van der Waals surface area (Å²) in [5.74, 6) is 0. The highest BCUT2D eigenvalue weighted by Crippen LogP contribution is 2.13. The van der Waals surface area contributed by atoms with Crippen LogP contribution in [0.3, 0.4) is 0 Å². The molecule has 0 aromatic heterocycles. The van der Waals surface area contributed by atoms with Crippen molar-refractivity contribution in [2.24, 2.45) is 0 Å². The fraction of sp³-hybridized carbons (Fsp3) is 0.200. The summed E-state index contributed by atoms with van der Waals surface area (Å²) in [6, 6.07) is 0. The number of rotatable bonds is 2. The molecule has 0 rings (SSSR count). The minimum atomic E-state index is 0.398. The largest absolute Gasteiger partial charge is 0.278 e. The summed E-state index contributed by atoms with van der Waals surface area (Å²) < 4.78 is 0.796. The number of nitrogens with zero attached hydrogens (tertiary/aromatic N) is 2. The van der Waals surface area contributed by atoms with E-state index >= 15 is 0 Å². The molecular formula is C5H4N4S4. The van der Waals surface area contributed by atoms with E-state index in [0.29, 0.717) is 13.7 Å². The standard InChI is InChI=1S/C5H4N4S4/c6-1-8-4(10)12-3-13-5(11)9-2-7/h3H2,(H,8,10)(H,9,11). The number of hydrogen-bond donors (Lipinski definition) is 2. The van der Waals surface area contributed by atoms with Gasteiger partial charge in [0, 0.05) is 0 Å². The Morgan fingerprint density at radius 1 is 1.08 bits per heavy atom. The van der Waals surface area contributed by atoms with Gasteiger partial charge in [-0.2, -0.15) is 10.5 Å².